The smallest absolute Gasteiger partial charge is 0.0881 e. The summed E-state index contributed by atoms with van der Waals surface area (Å²) in [5.41, 5.74) is 0. The molecule has 0 aromatic carbocycles. The summed E-state index contributed by atoms with van der Waals surface area (Å²) < 4.78 is 0. The van der Waals surface area contributed by atoms with Gasteiger partial charge in [-0.1, -0.05) is 6.92 Å². The van der Waals surface area contributed by atoms with Gasteiger partial charge in [-0.05, 0) is 15.5 Å². The molecule has 2 N–H and O–H groups in total. The molecule has 0 rings (SSSR count). The first-order chi connectivity index (χ1) is 3.81. The second kappa shape index (κ2) is 5.84. The number of hydrogen-bond acceptors (Lipinski definition) is 3. The van der Waals surface area contributed by atoms with E-state index in [2.05, 4.69) is 26.5 Å². The Morgan fingerprint density at radius 1 is 1.88 bits per heavy atom. The minimum Gasteiger partial charge on any atom is -0.311 e. The van der Waals surface area contributed by atoms with Crippen molar-refractivity contribution >= 4 is 35.2 Å². The first-order valence-corrected chi connectivity index (χ1v) is 5.74. The van der Waals surface area contributed by atoms with Crippen LogP contribution in [0.1, 0.15) is 6.92 Å². The Kier molecular flexibility index (Phi) is 6.36. The van der Waals surface area contributed by atoms with Crippen LogP contribution in [-0.4, -0.2) is 18.1 Å². The van der Waals surface area contributed by atoms with Gasteiger partial charge in [0.25, 0.3) is 0 Å². The fraction of sp³-hybridized carbons (Fsp3) is 0.750. The molecule has 0 aliphatic rings. The third kappa shape index (κ3) is 4.86. The monoisotopic (exact) mass is 244 g/mol. The van der Waals surface area contributed by atoms with Crippen molar-refractivity contribution in [2.75, 3.05) is 13.1 Å². The predicted molar refractivity (Wildman–Crippen MR) is 47.9 cm³/mol. The molecule has 0 aromatic heterocycles. The van der Waals surface area contributed by atoms with E-state index in [0.717, 1.165) is 6.54 Å². The van der Waals surface area contributed by atoms with Gasteiger partial charge < -0.3 is 5.32 Å². The second-order valence-corrected chi connectivity index (χ2v) is 3.25. The highest BCUT2D eigenvalue weighted by Crippen LogP contribution is 2.10. The average molecular weight is 244 g/mol. The van der Waals surface area contributed by atoms with Crippen LogP contribution in [0.3, 0.4) is 0 Å². The molecule has 0 bridgehead atoms. The van der Waals surface area contributed by atoms with Gasteiger partial charge in [0.15, 0.2) is 0 Å². The fourth-order valence-corrected chi connectivity index (χ4v) is 0.890. The van der Waals surface area contributed by atoms with Crippen LogP contribution in [0.25, 0.3) is 0 Å². The number of hydrogen-bond donors (Lipinski definition) is 2. The summed E-state index contributed by atoms with van der Waals surface area (Å²) in [4.78, 5) is 0. The SMILES string of the molecule is CCNCC(=N)SI. The van der Waals surface area contributed by atoms with Crippen molar-refractivity contribution in [2.24, 2.45) is 0 Å². The van der Waals surface area contributed by atoms with Crippen molar-refractivity contribution in [2.45, 2.75) is 6.92 Å². The molecule has 0 saturated carbocycles. The zero-order valence-corrected chi connectivity index (χ0v) is 7.67. The molecule has 8 heavy (non-hydrogen) atoms. The Hall–Kier alpha value is 0.710. The van der Waals surface area contributed by atoms with Crippen LogP contribution >= 0.6 is 30.1 Å². The molecular formula is C4H9IN2S. The van der Waals surface area contributed by atoms with E-state index in [0.29, 0.717) is 11.6 Å². The van der Waals surface area contributed by atoms with E-state index < -0.39 is 0 Å². The van der Waals surface area contributed by atoms with Gasteiger partial charge in [-0.3, -0.25) is 5.41 Å². The average Bonchev–Trinajstić information content (AvgIpc) is 1.83. The van der Waals surface area contributed by atoms with Crippen molar-refractivity contribution in [3.8, 4) is 0 Å². The lowest BCUT2D eigenvalue weighted by atomic mass is 10.6. The van der Waals surface area contributed by atoms with Gasteiger partial charge in [-0.2, -0.15) is 0 Å². The lowest BCUT2D eigenvalue weighted by molar-refractivity contribution is 0.820. The summed E-state index contributed by atoms with van der Waals surface area (Å²) in [5.74, 6) is 0. The molecule has 0 amide bonds. The topological polar surface area (TPSA) is 35.9 Å². The molecule has 0 aliphatic carbocycles. The van der Waals surface area contributed by atoms with Crippen molar-refractivity contribution in [3.05, 3.63) is 0 Å². The summed E-state index contributed by atoms with van der Waals surface area (Å²) >= 11 is 2.11. The molecule has 0 heterocycles. The Balaban J connectivity index is 2.99. The van der Waals surface area contributed by atoms with Gasteiger partial charge in [-0.25, -0.2) is 0 Å². The highest BCUT2D eigenvalue weighted by Gasteiger charge is 1.89. The number of halogens is 1. The zero-order valence-electron chi connectivity index (χ0n) is 4.70. The Labute approximate surface area is 65.9 Å². The second-order valence-electron chi connectivity index (χ2n) is 1.28. The minimum absolute atomic E-state index is 0.687. The molecule has 0 aliphatic heterocycles. The molecular weight excluding hydrogens is 235 g/mol. The third-order valence-electron chi connectivity index (χ3n) is 0.629. The summed E-state index contributed by atoms with van der Waals surface area (Å²) in [6, 6.07) is 0. The standard InChI is InChI=1S/C4H9IN2S/c1-2-7-3-4(6)8-5/h6-7H,2-3H2,1H3. The first kappa shape index (κ1) is 8.71. The van der Waals surface area contributed by atoms with E-state index in [1.54, 1.807) is 0 Å². The van der Waals surface area contributed by atoms with E-state index in [1.165, 1.54) is 8.93 Å². The highest BCUT2D eigenvalue weighted by atomic mass is 127. The van der Waals surface area contributed by atoms with Gasteiger partial charge in [-0.15, -0.1) is 0 Å². The summed E-state index contributed by atoms with van der Waals surface area (Å²) in [7, 11) is 1.46. The molecule has 0 fully saturated rings. The maximum Gasteiger partial charge on any atom is 0.0881 e. The van der Waals surface area contributed by atoms with E-state index in [4.69, 9.17) is 5.41 Å². The molecule has 0 aromatic rings. The van der Waals surface area contributed by atoms with Crippen LogP contribution < -0.4 is 5.32 Å². The highest BCUT2D eigenvalue weighted by molar-refractivity contribution is 14.2. The van der Waals surface area contributed by atoms with Crippen LogP contribution in [0.2, 0.25) is 0 Å². The quantitative estimate of drug-likeness (QED) is 0.450. The predicted octanol–water partition coefficient (Wildman–Crippen LogP) is 1.66. The third-order valence-corrected chi connectivity index (χ3v) is 2.55. The largest absolute Gasteiger partial charge is 0.311 e. The maximum atomic E-state index is 7.13. The van der Waals surface area contributed by atoms with Crippen LogP contribution in [0.15, 0.2) is 0 Å². The molecule has 0 atom stereocenters. The molecule has 48 valence electrons. The maximum absolute atomic E-state index is 7.13. The van der Waals surface area contributed by atoms with Crippen LogP contribution in [0.5, 0.6) is 0 Å². The summed E-state index contributed by atoms with van der Waals surface area (Å²) in [5, 5.41) is 10.9. The van der Waals surface area contributed by atoms with Crippen LogP contribution in [0.4, 0.5) is 0 Å². The van der Waals surface area contributed by atoms with Gasteiger partial charge in [0.05, 0.1) is 5.04 Å². The van der Waals surface area contributed by atoms with Gasteiger partial charge in [0.2, 0.25) is 0 Å². The molecule has 0 saturated heterocycles. The van der Waals surface area contributed by atoms with Gasteiger partial charge >= 0.3 is 0 Å². The Morgan fingerprint density at radius 3 is 2.88 bits per heavy atom. The van der Waals surface area contributed by atoms with E-state index in [-0.39, 0.29) is 0 Å². The van der Waals surface area contributed by atoms with E-state index >= 15 is 0 Å². The molecule has 2 nitrogen and oxygen atoms in total. The minimum atomic E-state index is 0.687. The Morgan fingerprint density at radius 2 is 2.50 bits per heavy atom. The van der Waals surface area contributed by atoms with E-state index in [9.17, 15) is 0 Å². The lowest BCUT2D eigenvalue weighted by Crippen LogP contribution is -2.18. The Bertz CT molecular complexity index is 76.4. The fourth-order valence-electron chi connectivity index (χ4n) is 0.266. The first-order valence-electron chi connectivity index (χ1n) is 2.38. The van der Waals surface area contributed by atoms with Crippen molar-refractivity contribution < 1.29 is 0 Å². The zero-order chi connectivity index (χ0) is 6.41. The van der Waals surface area contributed by atoms with Crippen molar-refractivity contribution in [3.63, 3.8) is 0 Å². The van der Waals surface area contributed by atoms with Crippen molar-refractivity contribution in [1.29, 1.82) is 5.41 Å². The van der Waals surface area contributed by atoms with Gasteiger partial charge in [0.1, 0.15) is 0 Å². The molecule has 0 unspecified atom stereocenters. The number of nitrogens with one attached hydrogen (secondary N) is 2. The van der Waals surface area contributed by atoms with Gasteiger partial charge in [0, 0.05) is 27.8 Å². The number of rotatable bonds is 3. The normalized spacial score (nSPS) is 9.25. The molecule has 4 heteroatoms. The lowest BCUT2D eigenvalue weighted by Gasteiger charge is -1.96. The van der Waals surface area contributed by atoms with Crippen LogP contribution in [-0.2, 0) is 0 Å². The summed E-state index contributed by atoms with van der Waals surface area (Å²) in [6.07, 6.45) is 0. The van der Waals surface area contributed by atoms with Crippen molar-refractivity contribution in [1.82, 2.24) is 5.32 Å². The summed E-state index contributed by atoms with van der Waals surface area (Å²) in [6.45, 7) is 3.69. The molecule has 0 radical (unpaired) electrons. The molecule has 0 spiro atoms. The van der Waals surface area contributed by atoms with E-state index in [1.807, 2.05) is 6.92 Å². The van der Waals surface area contributed by atoms with Crippen LogP contribution in [0, 0.1) is 5.41 Å².